The summed E-state index contributed by atoms with van der Waals surface area (Å²) in [4.78, 5) is 0. The van der Waals surface area contributed by atoms with Crippen LogP contribution in [0.4, 0.5) is 0 Å². The van der Waals surface area contributed by atoms with E-state index in [2.05, 4.69) is 6.07 Å². The van der Waals surface area contributed by atoms with E-state index in [1.165, 1.54) is 0 Å². The number of para-hydroxylation sites is 1. The lowest BCUT2D eigenvalue weighted by Gasteiger charge is -2.09. The van der Waals surface area contributed by atoms with Gasteiger partial charge in [0.1, 0.15) is 11.8 Å². The van der Waals surface area contributed by atoms with Crippen molar-refractivity contribution in [1.29, 1.82) is 5.26 Å². The molecule has 0 aliphatic rings. The number of hydrogen-bond donors (Lipinski definition) is 0. The van der Waals surface area contributed by atoms with Gasteiger partial charge in [-0.05, 0) is 26.0 Å². The van der Waals surface area contributed by atoms with Gasteiger partial charge in [-0.1, -0.05) is 12.1 Å². The Kier molecular flexibility index (Phi) is 2.71. The van der Waals surface area contributed by atoms with Crippen LogP contribution in [-0.4, -0.2) is 6.10 Å². The smallest absolute Gasteiger partial charge is 0.137 e. The SMILES string of the molecule is CC(C)Oc1ccccc1C#N. The zero-order valence-corrected chi connectivity index (χ0v) is 7.24. The molecule has 0 atom stereocenters. The van der Waals surface area contributed by atoms with Crippen molar-refractivity contribution in [3.8, 4) is 11.8 Å². The van der Waals surface area contributed by atoms with Crippen LogP contribution in [0.2, 0.25) is 0 Å². The van der Waals surface area contributed by atoms with Gasteiger partial charge in [0.25, 0.3) is 0 Å². The van der Waals surface area contributed by atoms with Crippen LogP contribution in [0, 0.1) is 11.3 Å². The summed E-state index contributed by atoms with van der Waals surface area (Å²) in [5.41, 5.74) is 0.589. The fourth-order valence-electron chi connectivity index (χ4n) is 0.916. The molecule has 0 unspecified atom stereocenters. The fraction of sp³-hybridized carbons (Fsp3) is 0.300. The maximum atomic E-state index is 8.70. The minimum atomic E-state index is 0.111. The lowest BCUT2D eigenvalue weighted by Crippen LogP contribution is -2.06. The number of nitriles is 1. The zero-order valence-electron chi connectivity index (χ0n) is 7.24. The molecule has 0 aliphatic carbocycles. The first-order valence-electron chi connectivity index (χ1n) is 3.90. The number of hydrogen-bond acceptors (Lipinski definition) is 2. The molecule has 0 amide bonds. The van der Waals surface area contributed by atoms with Gasteiger partial charge in [0, 0.05) is 0 Å². The predicted molar refractivity (Wildman–Crippen MR) is 46.9 cm³/mol. The van der Waals surface area contributed by atoms with Crippen molar-refractivity contribution in [2.24, 2.45) is 0 Å². The molecule has 0 saturated heterocycles. The topological polar surface area (TPSA) is 33.0 Å². The summed E-state index contributed by atoms with van der Waals surface area (Å²) in [6, 6.07) is 9.31. The molecule has 0 aromatic heterocycles. The summed E-state index contributed by atoms with van der Waals surface area (Å²) < 4.78 is 5.41. The van der Waals surface area contributed by atoms with E-state index < -0.39 is 0 Å². The molecule has 12 heavy (non-hydrogen) atoms. The van der Waals surface area contributed by atoms with Crippen molar-refractivity contribution in [2.45, 2.75) is 20.0 Å². The third kappa shape index (κ3) is 2.00. The Balaban J connectivity index is 2.91. The van der Waals surface area contributed by atoms with E-state index in [0.29, 0.717) is 11.3 Å². The normalized spacial score (nSPS) is 9.50. The van der Waals surface area contributed by atoms with E-state index in [9.17, 15) is 0 Å². The molecule has 1 aromatic rings. The lowest BCUT2D eigenvalue weighted by atomic mass is 10.2. The van der Waals surface area contributed by atoms with Crippen LogP contribution in [0.3, 0.4) is 0 Å². The van der Waals surface area contributed by atoms with Crippen molar-refractivity contribution in [2.75, 3.05) is 0 Å². The molecule has 1 aromatic carbocycles. The molecule has 2 heteroatoms. The Hall–Kier alpha value is -1.49. The highest BCUT2D eigenvalue weighted by molar-refractivity contribution is 5.42. The van der Waals surface area contributed by atoms with E-state index in [0.717, 1.165) is 0 Å². The minimum absolute atomic E-state index is 0.111. The van der Waals surface area contributed by atoms with E-state index in [1.807, 2.05) is 26.0 Å². The third-order valence-corrected chi connectivity index (χ3v) is 1.37. The standard InChI is InChI=1S/C10H11NO/c1-8(2)12-10-6-4-3-5-9(10)7-11/h3-6,8H,1-2H3. The van der Waals surface area contributed by atoms with Gasteiger partial charge in [-0.2, -0.15) is 5.26 Å². The van der Waals surface area contributed by atoms with Crippen LogP contribution in [-0.2, 0) is 0 Å². The first kappa shape index (κ1) is 8.61. The Bertz CT molecular complexity index is 299. The largest absolute Gasteiger partial charge is 0.490 e. The lowest BCUT2D eigenvalue weighted by molar-refractivity contribution is 0.241. The maximum absolute atomic E-state index is 8.70. The monoisotopic (exact) mass is 161 g/mol. The molecule has 0 N–H and O–H groups in total. The van der Waals surface area contributed by atoms with Crippen LogP contribution in [0.25, 0.3) is 0 Å². The number of benzene rings is 1. The van der Waals surface area contributed by atoms with Crippen molar-refractivity contribution < 1.29 is 4.74 Å². The Morgan fingerprint density at radius 1 is 1.33 bits per heavy atom. The molecule has 1 rings (SSSR count). The Morgan fingerprint density at radius 2 is 2.00 bits per heavy atom. The highest BCUT2D eigenvalue weighted by Gasteiger charge is 2.02. The number of rotatable bonds is 2. The Labute approximate surface area is 72.4 Å². The first-order valence-corrected chi connectivity index (χ1v) is 3.90. The van der Waals surface area contributed by atoms with Crippen molar-refractivity contribution in [3.63, 3.8) is 0 Å². The van der Waals surface area contributed by atoms with Gasteiger partial charge >= 0.3 is 0 Å². The quantitative estimate of drug-likeness (QED) is 0.667. The molecular weight excluding hydrogens is 150 g/mol. The highest BCUT2D eigenvalue weighted by Crippen LogP contribution is 2.17. The molecule has 0 fully saturated rings. The van der Waals surface area contributed by atoms with Crippen LogP contribution in [0.1, 0.15) is 19.4 Å². The van der Waals surface area contributed by atoms with Crippen LogP contribution in [0.5, 0.6) is 5.75 Å². The van der Waals surface area contributed by atoms with Gasteiger partial charge in [0.15, 0.2) is 0 Å². The minimum Gasteiger partial charge on any atom is -0.490 e. The summed E-state index contributed by atoms with van der Waals surface area (Å²) in [7, 11) is 0. The molecule has 2 nitrogen and oxygen atoms in total. The van der Waals surface area contributed by atoms with Gasteiger partial charge in [-0.25, -0.2) is 0 Å². The first-order chi connectivity index (χ1) is 5.74. The van der Waals surface area contributed by atoms with Gasteiger partial charge in [0.05, 0.1) is 11.7 Å². The summed E-state index contributed by atoms with van der Waals surface area (Å²) >= 11 is 0. The molecular formula is C10H11NO. The average molecular weight is 161 g/mol. The second-order valence-electron chi connectivity index (χ2n) is 2.77. The van der Waals surface area contributed by atoms with Gasteiger partial charge in [-0.3, -0.25) is 0 Å². The molecule has 62 valence electrons. The average Bonchev–Trinajstić information content (AvgIpc) is 2.04. The fourth-order valence-corrected chi connectivity index (χ4v) is 0.916. The van der Waals surface area contributed by atoms with Crippen molar-refractivity contribution >= 4 is 0 Å². The molecule has 0 bridgehead atoms. The number of ether oxygens (including phenoxy) is 1. The molecule has 0 spiro atoms. The van der Waals surface area contributed by atoms with Crippen LogP contribution < -0.4 is 4.74 Å². The zero-order chi connectivity index (χ0) is 8.97. The Morgan fingerprint density at radius 3 is 2.58 bits per heavy atom. The van der Waals surface area contributed by atoms with E-state index in [1.54, 1.807) is 12.1 Å². The summed E-state index contributed by atoms with van der Waals surface area (Å²) in [5, 5.41) is 8.70. The van der Waals surface area contributed by atoms with E-state index >= 15 is 0 Å². The molecule has 0 heterocycles. The maximum Gasteiger partial charge on any atom is 0.137 e. The molecule has 0 radical (unpaired) electrons. The third-order valence-electron chi connectivity index (χ3n) is 1.37. The highest BCUT2D eigenvalue weighted by atomic mass is 16.5. The molecule has 0 saturated carbocycles. The summed E-state index contributed by atoms with van der Waals surface area (Å²) in [6.07, 6.45) is 0.111. The van der Waals surface area contributed by atoms with Crippen molar-refractivity contribution in [3.05, 3.63) is 29.8 Å². The second kappa shape index (κ2) is 3.77. The van der Waals surface area contributed by atoms with Gasteiger partial charge in [0.2, 0.25) is 0 Å². The second-order valence-corrected chi connectivity index (χ2v) is 2.77. The van der Waals surface area contributed by atoms with Gasteiger partial charge in [-0.15, -0.1) is 0 Å². The predicted octanol–water partition coefficient (Wildman–Crippen LogP) is 2.35. The van der Waals surface area contributed by atoms with Crippen LogP contribution >= 0.6 is 0 Å². The molecule has 0 aliphatic heterocycles. The summed E-state index contributed by atoms with van der Waals surface area (Å²) in [5.74, 6) is 0.662. The van der Waals surface area contributed by atoms with Crippen LogP contribution in [0.15, 0.2) is 24.3 Å². The number of nitrogens with zero attached hydrogens (tertiary/aromatic N) is 1. The van der Waals surface area contributed by atoms with Crippen molar-refractivity contribution in [1.82, 2.24) is 0 Å². The van der Waals surface area contributed by atoms with E-state index in [4.69, 9.17) is 10.00 Å². The van der Waals surface area contributed by atoms with E-state index in [-0.39, 0.29) is 6.10 Å². The van der Waals surface area contributed by atoms with Gasteiger partial charge < -0.3 is 4.74 Å². The summed E-state index contributed by atoms with van der Waals surface area (Å²) in [6.45, 7) is 3.88.